The van der Waals surface area contributed by atoms with E-state index >= 15 is 0 Å². The van der Waals surface area contributed by atoms with Gasteiger partial charge in [0.25, 0.3) is 0 Å². The smallest absolute Gasteiger partial charge is 0.113 e. The number of benzene rings is 2. The SMILES string of the molecule is CC(C)OCCn1cc(-c2ccc3ccccc3c2)nn1. The van der Waals surface area contributed by atoms with Gasteiger partial charge in [-0.1, -0.05) is 41.6 Å². The van der Waals surface area contributed by atoms with Gasteiger partial charge in [-0.2, -0.15) is 0 Å². The molecule has 0 amide bonds. The van der Waals surface area contributed by atoms with E-state index in [1.807, 2.05) is 36.9 Å². The highest BCUT2D eigenvalue weighted by molar-refractivity contribution is 5.86. The Morgan fingerprint density at radius 1 is 1.10 bits per heavy atom. The van der Waals surface area contributed by atoms with Crippen molar-refractivity contribution in [2.75, 3.05) is 6.61 Å². The summed E-state index contributed by atoms with van der Waals surface area (Å²) < 4.78 is 7.36. The first kappa shape index (κ1) is 13.8. The number of fused-ring (bicyclic) bond motifs is 1. The zero-order valence-corrected chi connectivity index (χ0v) is 12.4. The highest BCUT2D eigenvalue weighted by Gasteiger charge is 2.05. The molecular weight excluding hydrogens is 262 g/mol. The quantitative estimate of drug-likeness (QED) is 0.718. The minimum atomic E-state index is 0.244. The summed E-state index contributed by atoms with van der Waals surface area (Å²) in [5, 5.41) is 10.9. The Bertz CT molecular complexity index is 733. The van der Waals surface area contributed by atoms with Gasteiger partial charge in [0.05, 0.1) is 25.5 Å². The van der Waals surface area contributed by atoms with E-state index in [0.717, 1.165) is 17.8 Å². The first-order chi connectivity index (χ1) is 10.2. The lowest BCUT2D eigenvalue weighted by Gasteiger charge is -2.06. The number of aromatic nitrogens is 3. The third kappa shape index (κ3) is 3.28. The molecule has 0 fully saturated rings. The Hall–Kier alpha value is -2.20. The van der Waals surface area contributed by atoms with Crippen LogP contribution in [0, 0.1) is 0 Å². The van der Waals surface area contributed by atoms with Crippen molar-refractivity contribution in [1.29, 1.82) is 0 Å². The fourth-order valence-corrected chi connectivity index (χ4v) is 2.27. The molecule has 0 aliphatic rings. The van der Waals surface area contributed by atoms with Gasteiger partial charge < -0.3 is 4.74 Å². The first-order valence-corrected chi connectivity index (χ1v) is 7.23. The highest BCUT2D eigenvalue weighted by atomic mass is 16.5. The van der Waals surface area contributed by atoms with Crippen molar-refractivity contribution < 1.29 is 4.74 Å². The lowest BCUT2D eigenvalue weighted by atomic mass is 10.1. The number of hydrogen-bond acceptors (Lipinski definition) is 3. The van der Waals surface area contributed by atoms with Crippen molar-refractivity contribution in [3.63, 3.8) is 0 Å². The van der Waals surface area contributed by atoms with Gasteiger partial charge >= 0.3 is 0 Å². The molecule has 0 N–H and O–H groups in total. The van der Waals surface area contributed by atoms with Crippen molar-refractivity contribution in [3.05, 3.63) is 48.7 Å². The zero-order chi connectivity index (χ0) is 14.7. The molecule has 3 aromatic rings. The Labute approximate surface area is 124 Å². The van der Waals surface area contributed by atoms with E-state index in [1.54, 1.807) is 0 Å². The van der Waals surface area contributed by atoms with Gasteiger partial charge in [0, 0.05) is 5.56 Å². The normalized spacial score (nSPS) is 11.4. The van der Waals surface area contributed by atoms with Gasteiger partial charge in [-0.05, 0) is 30.7 Å². The summed E-state index contributed by atoms with van der Waals surface area (Å²) in [6.07, 6.45) is 2.21. The van der Waals surface area contributed by atoms with Crippen LogP contribution in [0.1, 0.15) is 13.8 Å². The molecule has 3 rings (SSSR count). The second-order valence-corrected chi connectivity index (χ2v) is 5.35. The van der Waals surface area contributed by atoms with Crippen LogP contribution in [0.3, 0.4) is 0 Å². The Balaban J connectivity index is 1.77. The van der Waals surface area contributed by atoms with Crippen molar-refractivity contribution in [3.8, 4) is 11.3 Å². The van der Waals surface area contributed by atoms with Gasteiger partial charge in [-0.25, -0.2) is 4.68 Å². The Morgan fingerprint density at radius 2 is 1.90 bits per heavy atom. The van der Waals surface area contributed by atoms with E-state index in [1.165, 1.54) is 10.8 Å². The molecule has 4 heteroatoms. The highest BCUT2D eigenvalue weighted by Crippen LogP contribution is 2.22. The molecule has 0 saturated carbocycles. The molecule has 0 radical (unpaired) electrons. The molecule has 0 saturated heterocycles. The van der Waals surface area contributed by atoms with Crippen LogP contribution in [0.15, 0.2) is 48.7 Å². The Morgan fingerprint density at radius 3 is 2.71 bits per heavy atom. The minimum absolute atomic E-state index is 0.244. The fourth-order valence-electron chi connectivity index (χ4n) is 2.27. The van der Waals surface area contributed by atoms with Crippen molar-refractivity contribution in [2.24, 2.45) is 0 Å². The van der Waals surface area contributed by atoms with Gasteiger partial charge in [0.15, 0.2) is 0 Å². The van der Waals surface area contributed by atoms with Gasteiger partial charge in [0.1, 0.15) is 5.69 Å². The topological polar surface area (TPSA) is 39.9 Å². The second-order valence-electron chi connectivity index (χ2n) is 5.35. The van der Waals surface area contributed by atoms with Crippen molar-refractivity contribution in [1.82, 2.24) is 15.0 Å². The summed E-state index contributed by atoms with van der Waals surface area (Å²) >= 11 is 0. The third-order valence-corrected chi connectivity index (χ3v) is 3.36. The molecule has 21 heavy (non-hydrogen) atoms. The predicted molar refractivity (Wildman–Crippen MR) is 84.1 cm³/mol. The molecule has 0 bridgehead atoms. The summed E-state index contributed by atoms with van der Waals surface area (Å²) in [6, 6.07) is 14.7. The van der Waals surface area contributed by atoms with Crippen LogP contribution in [0.2, 0.25) is 0 Å². The monoisotopic (exact) mass is 281 g/mol. The number of nitrogens with zero attached hydrogens (tertiary/aromatic N) is 3. The van der Waals surface area contributed by atoms with E-state index in [0.29, 0.717) is 6.61 Å². The van der Waals surface area contributed by atoms with E-state index in [9.17, 15) is 0 Å². The molecule has 2 aromatic carbocycles. The third-order valence-electron chi connectivity index (χ3n) is 3.36. The summed E-state index contributed by atoms with van der Waals surface area (Å²) in [7, 11) is 0. The molecular formula is C17H19N3O. The van der Waals surface area contributed by atoms with Gasteiger partial charge in [-0.3, -0.25) is 0 Å². The second kappa shape index (κ2) is 6.06. The largest absolute Gasteiger partial charge is 0.377 e. The number of ether oxygens (including phenoxy) is 1. The van der Waals surface area contributed by atoms with E-state index in [-0.39, 0.29) is 6.10 Å². The van der Waals surface area contributed by atoms with Crippen LogP contribution < -0.4 is 0 Å². The van der Waals surface area contributed by atoms with Crippen LogP contribution in [0.25, 0.3) is 22.0 Å². The molecule has 0 aliphatic heterocycles. The van der Waals surface area contributed by atoms with Crippen LogP contribution in [-0.4, -0.2) is 27.7 Å². The molecule has 0 aliphatic carbocycles. The molecule has 0 unspecified atom stereocenters. The van der Waals surface area contributed by atoms with Crippen LogP contribution in [-0.2, 0) is 11.3 Å². The average molecular weight is 281 g/mol. The molecule has 0 spiro atoms. The lowest BCUT2D eigenvalue weighted by Crippen LogP contribution is -2.10. The van der Waals surface area contributed by atoms with Crippen LogP contribution >= 0.6 is 0 Å². The van der Waals surface area contributed by atoms with E-state index in [2.05, 4.69) is 40.6 Å². The van der Waals surface area contributed by atoms with Crippen LogP contribution in [0.5, 0.6) is 0 Å². The van der Waals surface area contributed by atoms with Gasteiger partial charge in [-0.15, -0.1) is 5.10 Å². The Kier molecular flexibility index (Phi) is 3.97. The fraction of sp³-hybridized carbons (Fsp3) is 0.294. The van der Waals surface area contributed by atoms with E-state index < -0.39 is 0 Å². The molecule has 1 aromatic heterocycles. The van der Waals surface area contributed by atoms with Crippen molar-refractivity contribution >= 4 is 10.8 Å². The molecule has 0 atom stereocenters. The number of hydrogen-bond donors (Lipinski definition) is 0. The maximum atomic E-state index is 5.53. The predicted octanol–water partition coefficient (Wildman–Crippen LogP) is 3.52. The van der Waals surface area contributed by atoms with Gasteiger partial charge in [0.2, 0.25) is 0 Å². The molecule has 108 valence electrons. The van der Waals surface area contributed by atoms with Crippen LogP contribution in [0.4, 0.5) is 0 Å². The average Bonchev–Trinajstić information content (AvgIpc) is 2.95. The maximum absolute atomic E-state index is 5.53. The summed E-state index contributed by atoms with van der Waals surface area (Å²) in [4.78, 5) is 0. The number of rotatable bonds is 5. The lowest BCUT2D eigenvalue weighted by molar-refractivity contribution is 0.0707. The van der Waals surface area contributed by atoms with E-state index in [4.69, 9.17) is 4.74 Å². The molecule has 1 heterocycles. The summed E-state index contributed by atoms with van der Waals surface area (Å²) in [6.45, 7) is 5.43. The zero-order valence-electron chi connectivity index (χ0n) is 12.4. The molecule has 4 nitrogen and oxygen atoms in total. The standard InChI is InChI=1S/C17H19N3O/c1-13(2)21-10-9-20-12-17(18-19-20)16-8-7-14-5-3-4-6-15(14)11-16/h3-8,11-13H,9-10H2,1-2H3. The summed E-state index contributed by atoms with van der Waals surface area (Å²) in [5.74, 6) is 0. The minimum Gasteiger partial charge on any atom is -0.377 e. The summed E-state index contributed by atoms with van der Waals surface area (Å²) in [5.41, 5.74) is 1.98. The first-order valence-electron chi connectivity index (χ1n) is 7.23. The van der Waals surface area contributed by atoms with Crippen molar-refractivity contribution in [2.45, 2.75) is 26.5 Å². The maximum Gasteiger partial charge on any atom is 0.113 e.